The van der Waals surface area contributed by atoms with Crippen molar-refractivity contribution in [1.29, 1.82) is 0 Å². The highest BCUT2D eigenvalue weighted by atomic mass is 35.5. The molecular formula is C11H15ClN2O3. The van der Waals surface area contributed by atoms with Gasteiger partial charge in [-0.3, -0.25) is 10.1 Å². The predicted octanol–water partition coefficient (Wildman–Crippen LogP) is 2.74. The zero-order valence-electron chi connectivity index (χ0n) is 9.74. The maximum Gasteiger partial charge on any atom is 0.288 e. The van der Waals surface area contributed by atoms with Gasteiger partial charge in [0.15, 0.2) is 0 Å². The van der Waals surface area contributed by atoms with Crippen molar-refractivity contribution < 1.29 is 10.0 Å². The first-order valence-electron chi connectivity index (χ1n) is 5.31. The van der Waals surface area contributed by atoms with Gasteiger partial charge in [-0.1, -0.05) is 18.5 Å². The van der Waals surface area contributed by atoms with E-state index in [-0.39, 0.29) is 23.4 Å². The van der Waals surface area contributed by atoms with Gasteiger partial charge >= 0.3 is 0 Å². The summed E-state index contributed by atoms with van der Waals surface area (Å²) < 4.78 is 0. The van der Waals surface area contributed by atoms with Gasteiger partial charge in [0.2, 0.25) is 0 Å². The average Bonchev–Trinajstić information content (AvgIpc) is 2.29. The van der Waals surface area contributed by atoms with Crippen LogP contribution in [0.1, 0.15) is 18.9 Å². The van der Waals surface area contributed by atoms with E-state index in [0.717, 1.165) is 12.0 Å². The number of anilines is 1. The molecule has 5 nitrogen and oxygen atoms in total. The number of nitrogens with zero attached hydrogens (tertiary/aromatic N) is 1. The van der Waals surface area contributed by atoms with Crippen molar-refractivity contribution in [3.05, 3.63) is 32.8 Å². The van der Waals surface area contributed by atoms with Crippen molar-refractivity contribution in [2.24, 2.45) is 0 Å². The molecule has 0 aliphatic heterocycles. The van der Waals surface area contributed by atoms with Crippen molar-refractivity contribution in [1.82, 2.24) is 0 Å². The molecule has 0 aliphatic carbocycles. The van der Waals surface area contributed by atoms with Gasteiger partial charge < -0.3 is 10.4 Å². The summed E-state index contributed by atoms with van der Waals surface area (Å²) >= 11 is 5.82. The van der Waals surface area contributed by atoms with Crippen molar-refractivity contribution >= 4 is 23.0 Å². The van der Waals surface area contributed by atoms with Crippen LogP contribution in [0.25, 0.3) is 0 Å². The Hall–Kier alpha value is -1.33. The number of aliphatic hydroxyl groups is 1. The summed E-state index contributed by atoms with van der Waals surface area (Å²) in [7, 11) is 0. The van der Waals surface area contributed by atoms with Crippen LogP contribution in [0.2, 0.25) is 5.02 Å². The fraction of sp³-hybridized carbons (Fsp3) is 0.455. The van der Waals surface area contributed by atoms with E-state index in [4.69, 9.17) is 16.7 Å². The number of hydrogen-bond donors (Lipinski definition) is 2. The zero-order chi connectivity index (χ0) is 13.0. The Morgan fingerprint density at radius 3 is 2.71 bits per heavy atom. The Morgan fingerprint density at radius 2 is 2.24 bits per heavy atom. The van der Waals surface area contributed by atoms with E-state index >= 15 is 0 Å². The lowest BCUT2D eigenvalue weighted by atomic mass is 10.1. The first kappa shape index (κ1) is 13.7. The summed E-state index contributed by atoms with van der Waals surface area (Å²) in [5.41, 5.74) is 1.33. The molecule has 0 aliphatic rings. The van der Waals surface area contributed by atoms with E-state index in [1.54, 1.807) is 6.92 Å². The van der Waals surface area contributed by atoms with Gasteiger partial charge in [-0.25, -0.2) is 0 Å². The van der Waals surface area contributed by atoms with Gasteiger partial charge in [0.05, 0.1) is 11.5 Å². The second-order valence-electron chi connectivity index (χ2n) is 3.81. The smallest absolute Gasteiger partial charge is 0.288 e. The second kappa shape index (κ2) is 5.84. The first-order valence-corrected chi connectivity index (χ1v) is 5.69. The molecule has 17 heavy (non-hydrogen) atoms. The lowest BCUT2D eigenvalue weighted by molar-refractivity contribution is -0.384. The molecule has 0 amide bonds. The SMILES string of the molecule is CCC(CO)Nc1cc(Cl)c([N+](=O)[O-])cc1C. The Morgan fingerprint density at radius 1 is 1.59 bits per heavy atom. The van der Waals surface area contributed by atoms with Crippen molar-refractivity contribution in [2.75, 3.05) is 11.9 Å². The molecule has 0 aromatic heterocycles. The molecule has 1 aromatic carbocycles. The fourth-order valence-corrected chi connectivity index (χ4v) is 1.69. The second-order valence-corrected chi connectivity index (χ2v) is 4.21. The van der Waals surface area contributed by atoms with Gasteiger partial charge in [0.1, 0.15) is 5.02 Å². The van der Waals surface area contributed by atoms with E-state index in [1.807, 2.05) is 6.92 Å². The standard InChI is InChI=1S/C11H15ClN2O3/c1-3-8(6-15)13-10-5-9(12)11(14(16)17)4-7(10)2/h4-5,8,13,15H,3,6H2,1-2H3. The van der Waals surface area contributed by atoms with E-state index in [2.05, 4.69) is 5.32 Å². The molecule has 0 spiro atoms. The predicted molar refractivity (Wildman–Crippen MR) is 67.6 cm³/mol. The number of hydrogen-bond acceptors (Lipinski definition) is 4. The molecule has 0 fully saturated rings. The molecule has 1 unspecified atom stereocenters. The topological polar surface area (TPSA) is 75.4 Å². The van der Waals surface area contributed by atoms with Gasteiger partial charge in [-0.05, 0) is 25.0 Å². The highest BCUT2D eigenvalue weighted by Gasteiger charge is 2.16. The normalized spacial score (nSPS) is 12.2. The number of aliphatic hydroxyl groups excluding tert-OH is 1. The third kappa shape index (κ3) is 3.31. The Kier molecular flexibility index (Phi) is 4.72. The summed E-state index contributed by atoms with van der Waals surface area (Å²) in [5, 5.41) is 23.0. The molecule has 1 atom stereocenters. The molecular weight excluding hydrogens is 244 g/mol. The van der Waals surface area contributed by atoms with Crippen LogP contribution in [0.3, 0.4) is 0 Å². The molecule has 0 radical (unpaired) electrons. The van der Waals surface area contributed by atoms with Gasteiger partial charge in [-0.15, -0.1) is 0 Å². The average molecular weight is 259 g/mol. The van der Waals surface area contributed by atoms with Crippen LogP contribution in [-0.4, -0.2) is 22.7 Å². The van der Waals surface area contributed by atoms with E-state index < -0.39 is 4.92 Å². The maximum absolute atomic E-state index is 10.7. The van der Waals surface area contributed by atoms with Gasteiger partial charge in [0.25, 0.3) is 5.69 Å². The maximum atomic E-state index is 10.7. The molecule has 1 aromatic rings. The fourth-order valence-electron chi connectivity index (χ4n) is 1.46. The third-order valence-corrected chi connectivity index (χ3v) is 2.87. The molecule has 94 valence electrons. The number of nitro groups is 1. The molecule has 0 bridgehead atoms. The summed E-state index contributed by atoms with van der Waals surface area (Å²) in [6.07, 6.45) is 0.755. The molecule has 0 saturated heterocycles. The number of halogens is 1. The summed E-state index contributed by atoms with van der Waals surface area (Å²) in [6, 6.07) is 2.87. The highest BCUT2D eigenvalue weighted by molar-refractivity contribution is 6.33. The summed E-state index contributed by atoms with van der Waals surface area (Å²) in [6.45, 7) is 3.70. The van der Waals surface area contributed by atoms with Crippen LogP contribution in [0, 0.1) is 17.0 Å². The van der Waals surface area contributed by atoms with Crippen LogP contribution in [0.15, 0.2) is 12.1 Å². The van der Waals surface area contributed by atoms with Crippen LogP contribution in [-0.2, 0) is 0 Å². The Labute approximate surface area is 105 Å². The molecule has 0 heterocycles. The van der Waals surface area contributed by atoms with E-state index in [0.29, 0.717) is 5.69 Å². The van der Waals surface area contributed by atoms with Crippen molar-refractivity contribution in [3.63, 3.8) is 0 Å². The number of nitro benzene ring substituents is 1. The molecule has 6 heteroatoms. The third-order valence-electron chi connectivity index (χ3n) is 2.56. The lowest BCUT2D eigenvalue weighted by Crippen LogP contribution is -2.23. The van der Waals surface area contributed by atoms with Crippen molar-refractivity contribution in [3.8, 4) is 0 Å². The van der Waals surface area contributed by atoms with Crippen molar-refractivity contribution in [2.45, 2.75) is 26.3 Å². The van der Waals surface area contributed by atoms with Crippen LogP contribution in [0.4, 0.5) is 11.4 Å². The number of nitrogens with one attached hydrogen (secondary N) is 1. The van der Waals surface area contributed by atoms with Crippen LogP contribution < -0.4 is 5.32 Å². The largest absolute Gasteiger partial charge is 0.394 e. The minimum atomic E-state index is -0.511. The quantitative estimate of drug-likeness (QED) is 0.629. The lowest BCUT2D eigenvalue weighted by Gasteiger charge is -2.17. The van der Waals surface area contributed by atoms with Crippen LogP contribution >= 0.6 is 11.6 Å². The van der Waals surface area contributed by atoms with E-state index in [9.17, 15) is 10.1 Å². The summed E-state index contributed by atoms with van der Waals surface area (Å²) in [4.78, 5) is 10.2. The minimum Gasteiger partial charge on any atom is -0.394 e. The molecule has 2 N–H and O–H groups in total. The number of aryl methyl sites for hydroxylation is 1. The zero-order valence-corrected chi connectivity index (χ0v) is 10.5. The number of benzene rings is 1. The monoisotopic (exact) mass is 258 g/mol. The highest BCUT2D eigenvalue weighted by Crippen LogP contribution is 2.30. The number of rotatable bonds is 5. The van der Waals surface area contributed by atoms with E-state index in [1.165, 1.54) is 12.1 Å². The van der Waals surface area contributed by atoms with Crippen LogP contribution in [0.5, 0.6) is 0 Å². The first-order chi connectivity index (χ1) is 7.99. The van der Waals surface area contributed by atoms with Gasteiger partial charge in [0, 0.05) is 17.8 Å². The Bertz CT molecular complexity index is 419. The van der Waals surface area contributed by atoms with Gasteiger partial charge in [-0.2, -0.15) is 0 Å². The minimum absolute atomic E-state index is 0.00451. The summed E-state index contributed by atoms with van der Waals surface area (Å²) in [5.74, 6) is 0. The molecule has 0 saturated carbocycles. The molecule has 1 rings (SSSR count). The Balaban J connectivity index is 3.03.